The molecule has 2 aromatic rings. The van der Waals surface area contributed by atoms with Gasteiger partial charge in [-0.2, -0.15) is 0 Å². The van der Waals surface area contributed by atoms with Crippen molar-refractivity contribution in [2.24, 2.45) is 5.84 Å². The van der Waals surface area contributed by atoms with Crippen molar-refractivity contribution < 1.29 is 0 Å². The summed E-state index contributed by atoms with van der Waals surface area (Å²) in [6.07, 6.45) is 1.04. The fraction of sp³-hybridized carbons (Fsp3) is 0.333. The second kappa shape index (κ2) is 7.56. The summed E-state index contributed by atoms with van der Waals surface area (Å²) in [7, 11) is 4.13. The van der Waals surface area contributed by atoms with Gasteiger partial charge in [0.25, 0.3) is 0 Å². The Morgan fingerprint density at radius 1 is 1.10 bits per heavy atom. The van der Waals surface area contributed by atoms with Crippen LogP contribution >= 0.6 is 0 Å². The number of nitrogens with zero attached hydrogens (tertiary/aromatic N) is 3. The number of hydrazine groups is 1. The van der Waals surface area contributed by atoms with E-state index >= 15 is 0 Å². The van der Waals surface area contributed by atoms with Crippen LogP contribution < -0.4 is 16.6 Å². The zero-order valence-electron chi connectivity index (χ0n) is 12.5. The first-order chi connectivity index (χ1) is 10.2. The minimum Gasteiger partial charge on any atom is -0.370 e. The number of hydrogen-bond acceptors (Lipinski definition) is 6. The van der Waals surface area contributed by atoms with Gasteiger partial charge in [0.2, 0.25) is 0 Å². The average molecular weight is 286 g/mol. The average Bonchev–Trinajstić information content (AvgIpc) is 2.52. The van der Waals surface area contributed by atoms with E-state index in [1.807, 2.05) is 36.4 Å². The van der Waals surface area contributed by atoms with Crippen LogP contribution in [-0.2, 0) is 0 Å². The van der Waals surface area contributed by atoms with E-state index in [0.29, 0.717) is 11.6 Å². The monoisotopic (exact) mass is 286 g/mol. The summed E-state index contributed by atoms with van der Waals surface area (Å²) in [4.78, 5) is 11.1. The fourth-order valence-corrected chi connectivity index (χ4v) is 1.94. The fourth-order valence-electron chi connectivity index (χ4n) is 1.94. The molecule has 0 saturated carbocycles. The standard InChI is InChI=1S/C15H22N6/c1-21(2)10-6-9-17-13-11-14(20-16)19-15(18-13)12-7-4-3-5-8-12/h3-5,7-8,11H,6,9-10,16H2,1-2H3,(H2,17,18,19,20). The van der Waals surface area contributed by atoms with Crippen molar-refractivity contribution in [3.8, 4) is 11.4 Å². The van der Waals surface area contributed by atoms with Crippen LogP contribution in [0.5, 0.6) is 0 Å². The number of nitrogens with one attached hydrogen (secondary N) is 2. The first kappa shape index (κ1) is 15.2. The number of benzene rings is 1. The number of nitrogens with two attached hydrogens (primary N) is 1. The summed E-state index contributed by atoms with van der Waals surface area (Å²) >= 11 is 0. The van der Waals surface area contributed by atoms with Crippen LogP contribution in [-0.4, -0.2) is 42.1 Å². The molecule has 1 heterocycles. The van der Waals surface area contributed by atoms with Gasteiger partial charge < -0.3 is 15.6 Å². The SMILES string of the molecule is CN(C)CCCNc1cc(NN)nc(-c2ccccc2)n1. The van der Waals surface area contributed by atoms with Crippen LogP contribution in [0.15, 0.2) is 36.4 Å². The Bertz CT molecular complexity index is 555. The smallest absolute Gasteiger partial charge is 0.163 e. The van der Waals surface area contributed by atoms with Gasteiger partial charge in [-0.05, 0) is 27.1 Å². The first-order valence-electron chi connectivity index (χ1n) is 6.99. The molecule has 0 bridgehead atoms. The second-order valence-corrected chi connectivity index (χ2v) is 5.06. The third kappa shape index (κ3) is 4.70. The van der Waals surface area contributed by atoms with Crippen LogP contribution in [0, 0.1) is 0 Å². The number of anilines is 2. The van der Waals surface area contributed by atoms with E-state index in [1.54, 1.807) is 0 Å². The molecule has 6 nitrogen and oxygen atoms in total. The zero-order chi connectivity index (χ0) is 15.1. The number of nitrogen functional groups attached to an aromatic ring is 1. The molecule has 0 saturated heterocycles. The summed E-state index contributed by atoms with van der Waals surface area (Å²) < 4.78 is 0. The van der Waals surface area contributed by atoms with E-state index in [0.717, 1.165) is 30.9 Å². The van der Waals surface area contributed by atoms with Crippen molar-refractivity contribution in [1.82, 2.24) is 14.9 Å². The summed E-state index contributed by atoms with van der Waals surface area (Å²) in [6.45, 7) is 1.89. The van der Waals surface area contributed by atoms with Crippen molar-refractivity contribution in [2.45, 2.75) is 6.42 Å². The third-order valence-corrected chi connectivity index (χ3v) is 2.99. The lowest BCUT2D eigenvalue weighted by Gasteiger charge is -2.12. The lowest BCUT2D eigenvalue weighted by atomic mass is 10.2. The van der Waals surface area contributed by atoms with Crippen molar-refractivity contribution >= 4 is 11.6 Å². The van der Waals surface area contributed by atoms with Gasteiger partial charge in [0.15, 0.2) is 5.82 Å². The lowest BCUT2D eigenvalue weighted by molar-refractivity contribution is 0.405. The van der Waals surface area contributed by atoms with Crippen molar-refractivity contribution in [2.75, 3.05) is 37.9 Å². The molecule has 1 aromatic heterocycles. The maximum atomic E-state index is 5.49. The Hall–Kier alpha value is -2.18. The Morgan fingerprint density at radius 2 is 1.81 bits per heavy atom. The maximum absolute atomic E-state index is 5.49. The van der Waals surface area contributed by atoms with Crippen molar-refractivity contribution in [3.05, 3.63) is 36.4 Å². The van der Waals surface area contributed by atoms with Crippen LogP contribution in [0.3, 0.4) is 0 Å². The van der Waals surface area contributed by atoms with Gasteiger partial charge in [-0.1, -0.05) is 30.3 Å². The van der Waals surface area contributed by atoms with Gasteiger partial charge in [-0.3, -0.25) is 0 Å². The molecule has 0 fully saturated rings. The van der Waals surface area contributed by atoms with Crippen LogP contribution in [0.25, 0.3) is 11.4 Å². The molecule has 0 atom stereocenters. The van der Waals surface area contributed by atoms with E-state index < -0.39 is 0 Å². The molecule has 6 heteroatoms. The summed E-state index contributed by atoms with van der Waals surface area (Å²) in [6, 6.07) is 11.7. The molecule has 0 spiro atoms. The second-order valence-electron chi connectivity index (χ2n) is 5.06. The highest BCUT2D eigenvalue weighted by atomic mass is 15.3. The van der Waals surface area contributed by atoms with E-state index in [4.69, 9.17) is 5.84 Å². The quantitative estimate of drug-likeness (QED) is 0.409. The van der Waals surface area contributed by atoms with Crippen LogP contribution in [0.2, 0.25) is 0 Å². The van der Waals surface area contributed by atoms with Crippen LogP contribution in [0.4, 0.5) is 11.6 Å². The summed E-state index contributed by atoms with van der Waals surface area (Å²) in [5.41, 5.74) is 3.55. The minimum absolute atomic E-state index is 0.596. The van der Waals surface area contributed by atoms with E-state index in [-0.39, 0.29) is 0 Å². The number of rotatable bonds is 7. The normalized spacial score (nSPS) is 10.7. The summed E-state index contributed by atoms with van der Waals surface area (Å²) in [5, 5.41) is 3.31. The number of hydrogen-bond donors (Lipinski definition) is 3. The highest BCUT2D eigenvalue weighted by Gasteiger charge is 2.06. The zero-order valence-corrected chi connectivity index (χ0v) is 12.5. The molecule has 0 unspecified atom stereocenters. The Kier molecular flexibility index (Phi) is 5.48. The van der Waals surface area contributed by atoms with Gasteiger partial charge >= 0.3 is 0 Å². The largest absolute Gasteiger partial charge is 0.370 e. The summed E-state index contributed by atoms with van der Waals surface area (Å²) in [5.74, 6) is 7.51. The predicted molar refractivity (Wildman–Crippen MR) is 86.9 cm³/mol. The molecule has 1 aromatic carbocycles. The Balaban J connectivity index is 2.11. The van der Waals surface area contributed by atoms with Crippen LogP contribution in [0.1, 0.15) is 6.42 Å². The van der Waals surface area contributed by atoms with E-state index in [1.165, 1.54) is 0 Å². The van der Waals surface area contributed by atoms with Gasteiger partial charge in [-0.15, -0.1) is 0 Å². The molecule has 0 radical (unpaired) electrons. The third-order valence-electron chi connectivity index (χ3n) is 2.99. The van der Waals surface area contributed by atoms with Crippen molar-refractivity contribution in [1.29, 1.82) is 0 Å². The van der Waals surface area contributed by atoms with Gasteiger partial charge in [0.1, 0.15) is 11.6 Å². The molecule has 2 rings (SSSR count). The molecular weight excluding hydrogens is 264 g/mol. The molecule has 0 amide bonds. The Morgan fingerprint density at radius 3 is 2.48 bits per heavy atom. The van der Waals surface area contributed by atoms with E-state index in [2.05, 4.69) is 39.7 Å². The highest BCUT2D eigenvalue weighted by Crippen LogP contribution is 2.19. The molecule has 4 N–H and O–H groups in total. The molecule has 21 heavy (non-hydrogen) atoms. The molecular formula is C15H22N6. The van der Waals surface area contributed by atoms with Gasteiger partial charge in [-0.25, -0.2) is 15.8 Å². The molecule has 0 aliphatic heterocycles. The van der Waals surface area contributed by atoms with Gasteiger partial charge in [0.05, 0.1) is 0 Å². The minimum atomic E-state index is 0.596. The molecule has 0 aliphatic rings. The molecule has 112 valence electrons. The number of aromatic nitrogens is 2. The highest BCUT2D eigenvalue weighted by molar-refractivity contribution is 5.60. The van der Waals surface area contributed by atoms with E-state index in [9.17, 15) is 0 Å². The van der Waals surface area contributed by atoms with Crippen molar-refractivity contribution in [3.63, 3.8) is 0 Å². The first-order valence-corrected chi connectivity index (χ1v) is 6.99. The molecule has 0 aliphatic carbocycles. The van der Waals surface area contributed by atoms with Gasteiger partial charge in [0, 0.05) is 18.2 Å². The Labute approximate surface area is 125 Å². The topological polar surface area (TPSA) is 79.1 Å². The maximum Gasteiger partial charge on any atom is 0.163 e. The predicted octanol–water partition coefficient (Wildman–Crippen LogP) is 1.79. The lowest BCUT2D eigenvalue weighted by Crippen LogP contribution is -2.17.